The molecular weight excluding hydrogens is 256 g/mol. The molecule has 0 saturated carbocycles. The Kier molecular flexibility index (Phi) is 7.46. The minimum atomic E-state index is 0.256. The summed E-state index contributed by atoms with van der Waals surface area (Å²) in [4.78, 5) is 3.54. The van der Waals surface area contributed by atoms with Gasteiger partial charge in [-0.3, -0.25) is 4.90 Å². The Morgan fingerprint density at radius 1 is 1.26 bits per heavy atom. The molecule has 0 aliphatic rings. The molecule has 0 radical (unpaired) electrons. The van der Waals surface area contributed by atoms with Gasteiger partial charge in [0.1, 0.15) is 0 Å². The van der Waals surface area contributed by atoms with Crippen molar-refractivity contribution in [3.63, 3.8) is 0 Å². The Bertz CT molecular complexity index is 354. The van der Waals surface area contributed by atoms with Crippen LogP contribution >= 0.6 is 11.8 Å². The van der Waals surface area contributed by atoms with Crippen LogP contribution in [0.1, 0.15) is 25.5 Å². The van der Waals surface area contributed by atoms with Crippen LogP contribution in [0.3, 0.4) is 0 Å². The highest BCUT2D eigenvalue weighted by Gasteiger charge is 2.15. The van der Waals surface area contributed by atoms with Crippen molar-refractivity contribution in [3.05, 3.63) is 29.8 Å². The van der Waals surface area contributed by atoms with Gasteiger partial charge >= 0.3 is 0 Å². The zero-order valence-corrected chi connectivity index (χ0v) is 13.2. The standard InChI is InChI=1S/C15H26N2OS/c1-12(2)18-10-9-17(3)15(11-16)13-5-7-14(19-4)8-6-13/h5-8,12,15H,9-11,16H2,1-4H3. The Labute approximate surface area is 121 Å². The lowest BCUT2D eigenvalue weighted by Gasteiger charge is -2.27. The van der Waals surface area contributed by atoms with Crippen LogP contribution in [0.2, 0.25) is 0 Å². The fourth-order valence-electron chi connectivity index (χ4n) is 1.98. The van der Waals surface area contributed by atoms with Crippen molar-refractivity contribution >= 4 is 11.8 Å². The number of thioether (sulfide) groups is 1. The van der Waals surface area contributed by atoms with Gasteiger partial charge in [0.15, 0.2) is 0 Å². The van der Waals surface area contributed by atoms with Crippen LogP contribution in [0.25, 0.3) is 0 Å². The van der Waals surface area contributed by atoms with Gasteiger partial charge in [-0.1, -0.05) is 12.1 Å². The van der Waals surface area contributed by atoms with E-state index in [1.165, 1.54) is 10.5 Å². The molecule has 0 bridgehead atoms. The summed E-state index contributed by atoms with van der Waals surface area (Å²) >= 11 is 1.76. The van der Waals surface area contributed by atoms with Gasteiger partial charge in [0.2, 0.25) is 0 Å². The second-order valence-electron chi connectivity index (χ2n) is 4.92. The minimum Gasteiger partial charge on any atom is -0.377 e. The van der Waals surface area contributed by atoms with Crippen molar-refractivity contribution in [2.45, 2.75) is 30.9 Å². The van der Waals surface area contributed by atoms with Crippen LogP contribution in [0.15, 0.2) is 29.2 Å². The lowest BCUT2D eigenvalue weighted by molar-refractivity contribution is 0.0564. The molecule has 0 saturated heterocycles. The van der Waals surface area contributed by atoms with Gasteiger partial charge < -0.3 is 10.5 Å². The van der Waals surface area contributed by atoms with E-state index in [4.69, 9.17) is 10.5 Å². The second kappa shape index (κ2) is 8.59. The summed E-state index contributed by atoms with van der Waals surface area (Å²) in [6, 6.07) is 8.90. The third-order valence-electron chi connectivity index (χ3n) is 3.15. The van der Waals surface area contributed by atoms with Crippen LogP contribution < -0.4 is 5.73 Å². The number of ether oxygens (including phenoxy) is 1. The zero-order valence-electron chi connectivity index (χ0n) is 12.4. The molecule has 2 N–H and O–H groups in total. The van der Waals surface area contributed by atoms with Crippen molar-refractivity contribution in [1.82, 2.24) is 4.90 Å². The Morgan fingerprint density at radius 2 is 1.89 bits per heavy atom. The smallest absolute Gasteiger partial charge is 0.0597 e. The van der Waals surface area contributed by atoms with E-state index in [0.717, 1.165) is 13.2 Å². The first kappa shape index (κ1) is 16.5. The van der Waals surface area contributed by atoms with Crippen molar-refractivity contribution in [3.8, 4) is 0 Å². The van der Waals surface area contributed by atoms with Crippen LogP contribution in [-0.4, -0.2) is 44.0 Å². The van der Waals surface area contributed by atoms with Crippen LogP contribution in [0.4, 0.5) is 0 Å². The molecule has 1 unspecified atom stereocenters. The maximum atomic E-state index is 5.92. The number of nitrogens with two attached hydrogens (primary N) is 1. The average Bonchev–Trinajstić information content (AvgIpc) is 2.40. The molecule has 108 valence electrons. The SMILES string of the molecule is CSc1ccc(C(CN)N(C)CCOC(C)C)cc1. The van der Waals surface area contributed by atoms with Gasteiger partial charge in [0.05, 0.1) is 12.7 Å². The summed E-state index contributed by atoms with van der Waals surface area (Å²) in [5.41, 5.74) is 7.19. The van der Waals surface area contributed by atoms with Crippen molar-refractivity contribution in [1.29, 1.82) is 0 Å². The summed E-state index contributed by atoms with van der Waals surface area (Å²) in [7, 11) is 2.10. The summed E-state index contributed by atoms with van der Waals surface area (Å²) in [6.45, 7) is 6.37. The number of hydrogen-bond donors (Lipinski definition) is 1. The Morgan fingerprint density at radius 3 is 2.37 bits per heavy atom. The molecule has 0 aliphatic heterocycles. The predicted molar refractivity (Wildman–Crippen MR) is 83.7 cm³/mol. The molecule has 0 aliphatic carbocycles. The fraction of sp³-hybridized carbons (Fsp3) is 0.600. The van der Waals surface area contributed by atoms with Crippen molar-refractivity contribution in [2.24, 2.45) is 5.73 Å². The molecule has 0 fully saturated rings. The van der Waals surface area contributed by atoms with E-state index in [9.17, 15) is 0 Å². The lowest BCUT2D eigenvalue weighted by atomic mass is 10.1. The van der Waals surface area contributed by atoms with Gasteiger partial charge in [-0.15, -0.1) is 11.8 Å². The molecule has 0 amide bonds. The van der Waals surface area contributed by atoms with Gasteiger partial charge in [-0.25, -0.2) is 0 Å². The number of benzene rings is 1. The van der Waals surface area contributed by atoms with E-state index in [2.05, 4.69) is 56.3 Å². The summed E-state index contributed by atoms with van der Waals surface area (Å²) in [5, 5.41) is 0. The van der Waals surface area contributed by atoms with Crippen LogP contribution in [0, 0.1) is 0 Å². The molecule has 0 aromatic heterocycles. The normalized spacial score (nSPS) is 13.2. The first-order valence-electron chi connectivity index (χ1n) is 6.74. The van der Waals surface area contributed by atoms with Crippen molar-refractivity contribution < 1.29 is 4.74 Å². The number of hydrogen-bond acceptors (Lipinski definition) is 4. The Hall–Kier alpha value is -0.550. The van der Waals surface area contributed by atoms with Crippen LogP contribution in [-0.2, 0) is 4.74 Å². The van der Waals surface area contributed by atoms with Crippen molar-refractivity contribution in [2.75, 3.05) is 33.0 Å². The predicted octanol–water partition coefficient (Wildman–Crippen LogP) is 2.77. The number of likely N-dealkylation sites (N-methyl/N-ethyl adjacent to an activating group) is 1. The molecule has 19 heavy (non-hydrogen) atoms. The highest BCUT2D eigenvalue weighted by molar-refractivity contribution is 7.98. The molecule has 0 spiro atoms. The summed E-state index contributed by atoms with van der Waals surface area (Å²) in [5.74, 6) is 0. The Balaban J connectivity index is 2.59. The summed E-state index contributed by atoms with van der Waals surface area (Å²) < 4.78 is 5.59. The number of rotatable bonds is 8. The van der Waals surface area contributed by atoms with E-state index >= 15 is 0 Å². The monoisotopic (exact) mass is 282 g/mol. The van der Waals surface area contributed by atoms with Crippen LogP contribution in [0.5, 0.6) is 0 Å². The largest absolute Gasteiger partial charge is 0.377 e. The number of nitrogens with zero attached hydrogens (tertiary/aromatic N) is 1. The molecule has 4 heteroatoms. The van der Waals surface area contributed by atoms with E-state index in [1.54, 1.807) is 11.8 Å². The molecule has 1 atom stereocenters. The zero-order chi connectivity index (χ0) is 14.3. The third-order valence-corrected chi connectivity index (χ3v) is 3.89. The average molecular weight is 282 g/mol. The lowest BCUT2D eigenvalue weighted by Crippen LogP contribution is -2.33. The van der Waals surface area contributed by atoms with E-state index in [0.29, 0.717) is 6.54 Å². The first-order valence-corrected chi connectivity index (χ1v) is 7.96. The minimum absolute atomic E-state index is 0.256. The third kappa shape index (κ3) is 5.53. The summed E-state index contributed by atoms with van der Waals surface area (Å²) in [6.07, 6.45) is 2.37. The molecule has 1 aromatic carbocycles. The quantitative estimate of drug-likeness (QED) is 0.744. The second-order valence-corrected chi connectivity index (χ2v) is 5.80. The maximum absolute atomic E-state index is 5.92. The molecule has 1 rings (SSSR count). The van der Waals surface area contributed by atoms with Gasteiger partial charge in [0.25, 0.3) is 0 Å². The molecule has 0 heterocycles. The molecule has 1 aromatic rings. The first-order chi connectivity index (χ1) is 9.08. The topological polar surface area (TPSA) is 38.5 Å². The van der Waals surface area contributed by atoms with E-state index in [-0.39, 0.29) is 12.1 Å². The molecule has 3 nitrogen and oxygen atoms in total. The van der Waals surface area contributed by atoms with Gasteiger partial charge in [-0.2, -0.15) is 0 Å². The highest BCUT2D eigenvalue weighted by atomic mass is 32.2. The highest BCUT2D eigenvalue weighted by Crippen LogP contribution is 2.21. The fourth-order valence-corrected chi connectivity index (χ4v) is 2.39. The maximum Gasteiger partial charge on any atom is 0.0597 e. The van der Waals surface area contributed by atoms with Gasteiger partial charge in [0, 0.05) is 24.0 Å². The van der Waals surface area contributed by atoms with E-state index in [1.807, 2.05) is 0 Å². The van der Waals surface area contributed by atoms with E-state index < -0.39 is 0 Å². The molecular formula is C15H26N2OS. The van der Waals surface area contributed by atoms with Gasteiger partial charge in [-0.05, 0) is 44.8 Å².